The Labute approximate surface area is 161 Å². The van der Waals surface area contributed by atoms with E-state index < -0.39 is 22.6 Å². The van der Waals surface area contributed by atoms with Gasteiger partial charge in [-0.15, -0.1) is 0 Å². The van der Waals surface area contributed by atoms with Gasteiger partial charge in [0.2, 0.25) is 11.8 Å². The van der Waals surface area contributed by atoms with Gasteiger partial charge in [-0.2, -0.15) is 0 Å². The fourth-order valence-corrected chi connectivity index (χ4v) is 2.41. The van der Waals surface area contributed by atoms with Gasteiger partial charge in [-0.1, -0.05) is 12.1 Å². The summed E-state index contributed by atoms with van der Waals surface area (Å²) < 4.78 is 12.9. The zero-order valence-electron chi connectivity index (χ0n) is 15.5. The lowest BCUT2D eigenvalue weighted by atomic mass is 10.2. The van der Waals surface area contributed by atoms with Crippen LogP contribution in [0.15, 0.2) is 54.6 Å². The maximum Gasteiger partial charge on any atom is 0.270 e. The minimum absolute atomic E-state index is 0.0750. The van der Waals surface area contributed by atoms with E-state index in [2.05, 4.69) is 5.32 Å². The van der Waals surface area contributed by atoms with Crippen molar-refractivity contribution in [1.29, 1.82) is 0 Å². The molecule has 2 aromatic rings. The molecule has 0 fully saturated rings. The summed E-state index contributed by atoms with van der Waals surface area (Å²) in [4.78, 5) is 36.4. The van der Waals surface area contributed by atoms with Crippen molar-refractivity contribution in [3.05, 3.63) is 76.1 Å². The van der Waals surface area contributed by atoms with E-state index in [4.69, 9.17) is 0 Å². The summed E-state index contributed by atoms with van der Waals surface area (Å²) in [5.74, 6) is -1.24. The van der Waals surface area contributed by atoms with E-state index in [0.29, 0.717) is 11.3 Å². The molecular formula is C20H20FN3O4. The Morgan fingerprint density at radius 1 is 1.21 bits per heavy atom. The van der Waals surface area contributed by atoms with Crippen molar-refractivity contribution in [2.75, 3.05) is 11.9 Å². The maximum absolute atomic E-state index is 12.9. The molecule has 7 nitrogen and oxygen atoms in total. The van der Waals surface area contributed by atoms with E-state index in [1.54, 1.807) is 19.9 Å². The first-order chi connectivity index (χ1) is 13.3. The lowest BCUT2D eigenvalue weighted by Crippen LogP contribution is -2.41. The molecule has 0 radical (unpaired) electrons. The Morgan fingerprint density at radius 3 is 2.50 bits per heavy atom. The summed E-state index contributed by atoms with van der Waals surface area (Å²) in [6.45, 7) is 3.35. The summed E-state index contributed by atoms with van der Waals surface area (Å²) in [5.41, 5.74) is 0.853. The van der Waals surface area contributed by atoms with Crippen LogP contribution in [0, 0.1) is 15.9 Å². The predicted molar refractivity (Wildman–Crippen MR) is 104 cm³/mol. The van der Waals surface area contributed by atoms with Crippen molar-refractivity contribution in [3.8, 4) is 0 Å². The van der Waals surface area contributed by atoms with E-state index in [1.165, 1.54) is 59.5 Å². The van der Waals surface area contributed by atoms with Crippen molar-refractivity contribution in [2.45, 2.75) is 19.9 Å². The molecule has 0 saturated carbocycles. The number of nitrogens with zero attached hydrogens (tertiary/aromatic N) is 2. The van der Waals surface area contributed by atoms with E-state index >= 15 is 0 Å². The smallest absolute Gasteiger partial charge is 0.270 e. The number of nitro groups is 1. The molecule has 0 aliphatic carbocycles. The molecule has 0 aromatic heterocycles. The Kier molecular flexibility index (Phi) is 6.97. The fourth-order valence-electron chi connectivity index (χ4n) is 2.41. The number of hydrogen-bond donors (Lipinski definition) is 1. The maximum atomic E-state index is 12.9. The number of nitro benzene ring substituents is 1. The van der Waals surface area contributed by atoms with Crippen LogP contribution in [-0.2, 0) is 9.59 Å². The molecule has 0 aliphatic heterocycles. The van der Waals surface area contributed by atoms with Crippen LogP contribution in [0.3, 0.4) is 0 Å². The zero-order chi connectivity index (χ0) is 20.7. The normalized spacial score (nSPS) is 10.9. The monoisotopic (exact) mass is 385 g/mol. The van der Waals surface area contributed by atoms with Gasteiger partial charge in [0.1, 0.15) is 12.4 Å². The topological polar surface area (TPSA) is 92.6 Å². The number of carbonyl (C=O) groups is 2. The molecule has 8 heteroatoms. The summed E-state index contributed by atoms with van der Waals surface area (Å²) >= 11 is 0. The Bertz CT molecular complexity index is 895. The van der Waals surface area contributed by atoms with Gasteiger partial charge >= 0.3 is 0 Å². The molecule has 28 heavy (non-hydrogen) atoms. The third-order valence-corrected chi connectivity index (χ3v) is 3.85. The van der Waals surface area contributed by atoms with Crippen LogP contribution >= 0.6 is 0 Å². The lowest BCUT2D eigenvalue weighted by molar-refractivity contribution is -0.384. The quantitative estimate of drug-likeness (QED) is 0.448. The highest BCUT2D eigenvalue weighted by atomic mass is 19.1. The van der Waals surface area contributed by atoms with Crippen LogP contribution in [0.1, 0.15) is 19.4 Å². The highest BCUT2D eigenvalue weighted by Crippen LogP contribution is 2.15. The van der Waals surface area contributed by atoms with Crippen LogP contribution in [-0.4, -0.2) is 34.2 Å². The average molecular weight is 385 g/mol. The molecule has 146 valence electrons. The second kappa shape index (κ2) is 9.40. The van der Waals surface area contributed by atoms with Crippen LogP contribution in [0.25, 0.3) is 6.08 Å². The van der Waals surface area contributed by atoms with Crippen LogP contribution in [0.4, 0.5) is 15.8 Å². The fraction of sp³-hybridized carbons (Fsp3) is 0.200. The van der Waals surface area contributed by atoms with Gasteiger partial charge in [-0.25, -0.2) is 4.39 Å². The molecular weight excluding hydrogens is 365 g/mol. The first-order valence-corrected chi connectivity index (χ1v) is 8.55. The first-order valence-electron chi connectivity index (χ1n) is 8.55. The number of rotatable bonds is 7. The molecule has 0 saturated heterocycles. The Hall–Kier alpha value is -3.55. The van der Waals surface area contributed by atoms with Crippen LogP contribution in [0.5, 0.6) is 0 Å². The lowest BCUT2D eigenvalue weighted by Gasteiger charge is -2.24. The molecule has 0 spiro atoms. The van der Waals surface area contributed by atoms with Crippen molar-refractivity contribution < 1.29 is 18.9 Å². The highest BCUT2D eigenvalue weighted by molar-refractivity contribution is 5.98. The van der Waals surface area contributed by atoms with E-state index in [-0.39, 0.29) is 18.3 Å². The standard InChI is InChI=1S/C20H20FN3O4/c1-14(2)23(13-19(25)22-17-9-7-16(21)8-10-17)20(26)11-6-15-4-3-5-18(12-15)24(27)28/h3-12,14H,13H2,1-2H3,(H,22,25)/b11-6+. The summed E-state index contributed by atoms with van der Waals surface area (Å²) in [6.07, 6.45) is 2.73. The van der Waals surface area contributed by atoms with Crippen molar-refractivity contribution in [2.24, 2.45) is 0 Å². The van der Waals surface area contributed by atoms with Crippen molar-refractivity contribution in [3.63, 3.8) is 0 Å². The van der Waals surface area contributed by atoms with Crippen LogP contribution < -0.4 is 5.32 Å². The van der Waals surface area contributed by atoms with E-state index in [0.717, 1.165) is 0 Å². The average Bonchev–Trinajstić information content (AvgIpc) is 2.66. The zero-order valence-corrected chi connectivity index (χ0v) is 15.5. The number of amides is 2. The van der Waals surface area contributed by atoms with Gasteiger partial charge in [-0.05, 0) is 49.8 Å². The molecule has 0 aliphatic rings. The predicted octanol–water partition coefficient (Wildman–Crippen LogP) is 3.62. The molecule has 2 amide bonds. The SMILES string of the molecule is CC(C)N(CC(=O)Nc1ccc(F)cc1)C(=O)/C=C/c1cccc([N+](=O)[O-])c1. The van der Waals surface area contributed by atoms with Gasteiger partial charge in [0, 0.05) is 29.9 Å². The number of carbonyl (C=O) groups excluding carboxylic acids is 2. The Balaban J connectivity index is 2.04. The second-order valence-corrected chi connectivity index (χ2v) is 6.30. The summed E-state index contributed by atoms with van der Waals surface area (Å²) in [5, 5.41) is 13.4. The second-order valence-electron chi connectivity index (χ2n) is 6.30. The largest absolute Gasteiger partial charge is 0.327 e. The number of non-ortho nitro benzene ring substituents is 1. The molecule has 0 atom stereocenters. The van der Waals surface area contributed by atoms with Crippen LogP contribution in [0.2, 0.25) is 0 Å². The molecule has 1 N–H and O–H groups in total. The minimum Gasteiger partial charge on any atom is -0.327 e. The van der Waals surface area contributed by atoms with Crippen molar-refractivity contribution in [1.82, 2.24) is 4.90 Å². The van der Waals surface area contributed by atoms with Gasteiger partial charge in [0.25, 0.3) is 5.69 Å². The number of anilines is 1. The minimum atomic E-state index is -0.515. The number of nitrogens with one attached hydrogen (secondary N) is 1. The molecule has 0 bridgehead atoms. The number of halogens is 1. The number of benzene rings is 2. The number of hydrogen-bond acceptors (Lipinski definition) is 4. The van der Waals surface area contributed by atoms with E-state index in [1.807, 2.05) is 0 Å². The summed E-state index contributed by atoms with van der Waals surface area (Å²) in [7, 11) is 0. The Morgan fingerprint density at radius 2 is 1.89 bits per heavy atom. The van der Waals surface area contributed by atoms with E-state index in [9.17, 15) is 24.1 Å². The molecule has 0 heterocycles. The van der Waals surface area contributed by atoms with Gasteiger partial charge < -0.3 is 10.2 Å². The first kappa shape index (κ1) is 20.8. The summed E-state index contributed by atoms with van der Waals surface area (Å²) in [6, 6.07) is 10.9. The van der Waals surface area contributed by atoms with Crippen molar-refractivity contribution >= 4 is 29.3 Å². The van der Waals surface area contributed by atoms with Gasteiger partial charge in [0.05, 0.1) is 4.92 Å². The highest BCUT2D eigenvalue weighted by Gasteiger charge is 2.18. The molecule has 2 aromatic carbocycles. The third kappa shape index (κ3) is 6.01. The van der Waals surface area contributed by atoms with Gasteiger partial charge in [-0.3, -0.25) is 19.7 Å². The third-order valence-electron chi connectivity index (χ3n) is 3.85. The molecule has 2 rings (SSSR count). The van der Waals surface area contributed by atoms with Gasteiger partial charge in [0.15, 0.2) is 0 Å². The molecule has 0 unspecified atom stereocenters.